The van der Waals surface area contributed by atoms with Crippen LogP contribution in [0.5, 0.6) is 0 Å². The summed E-state index contributed by atoms with van der Waals surface area (Å²) < 4.78 is 26.6. The van der Waals surface area contributed by atoms with E-state index in [1.165, 1.54) is 12.1 Å². The molecule has 1 aromatic heterocycles. The van der Waals surface area contributed by atoms with Crippen LogP contribution in [0.4, 0.5) is 5.69 Å². The fourth-order valence-electron chi connectivity index (χ4n) is 5.00. The van der Waals surface area contributed by atoms with Gasteiger partial charge in [0.05, 0.1) is 31.8 Å². The van der Waals surface area contributed by atoms with Crippen molar-refractivity contribution in [2.45, 2.75) is 24.5 Å². The first-order valence-electron chi connectivity index (χ1n) is 12.5. The zero-order chi connectivity index (χ0) is 28.1. The lowest BCUT2D eigenvalue weighted by Crippen LogP contribution is -2.47. The quantitative estimate of drug-likeness (QED) is 0.418. The molecule has 0 unspecified atom stereocenters. The van der Waals surface area contributed by atoms with Crippen LogP contribution in [0.25, 0.3) is 11.6 Å². The van der Waals surface area contributed by atoms with Crippen LogP contribution in [-0.2, 0) is 20.4 Å². The summed E-state index contributed by atoms with van der Waals surface area (Å²) >= 11 is 12.3. The molecule has 3 heterocycles. The van der Waals surface area contributed by atoms with E-state index in [0.29, 0.717) is 46.7 Å². The summed E-state index contributed by atoms with van der Waals surface area (Å²) in [5.74, 6) is -0.725. The molecule has 8 nitrogen and oxygen atoms in total. The van der Waals surface area contributed by atoms with Crippen molar-refractivity contribution in [2.75, 3.05) is 38.5 Å². The average molecular weight is 588 g/mol. The number of amides is 2. The van der Waals surface area contributed by atoms with Gasteiger partial charge in [0, 0.05) is 48.8 Å². The largest absolute Gasteiger partial charge is 0.358 e. The fraction of sp³-hybridized carbons (Fsp3) is 0.286. The van der Waals surface area contributed by atoms with Crippen LogP contribution >= 0.6 is 23.2 Å². The van der Waals surface area contributed by atoms with Crippen LogP contribution < -0.4 is 5.32 Å². The summed E-state index contributed by atoms with van der Waals surface area (Å²) in [6.45, 7) is 6.63. The van der Waals surface area contributed by atoms with Crippen molar-refractivity contribution in [1.29, 1.82) is 0 Å². The van der Waals surface area contributed by atoms with Crippen molar-refractivity contribution in [1.82, 2.24) is 14.8 Å². The first kappa shape index (κ1) is 27.5. The Kier molecular flexibility index (Phi) is 7.37. The van der Waals surface area contributed by atoms with E-state index < -0.39 is 9.84 Å². The van der Waals surface area contributed by atoms with Crippen molar-refractivity contribution in [3.05, 3.63) is 80.1 Å². The number of hydrogen-bond donors (Lipinski definition) is 2. The molecule has 3 aromatic rings. The molecule has 0 bridgehead atoms. The highest BCUT2D eigenvalue weighted by molar-refractivity contribution is 7.90. The fourth-order valence-corrected chi connectivity index (χ4v) is 6.86. The van der Waals surface area contributed by atoms with E-state index in [-0.39, 0.29) is 32.5 Å². The van der Waals surface area contributed by atoms with Crippen LogP contribution in [0.3, 0.4) is 0 Å². The number of nitrogens with zero attached hydrogens (tertiary/aromatic N) is 2. The topological polar surface area (TPSA) is 103 Å². The number of sulfone groups is 1. The summed E-state index contributed by atoms with van der Waals surface area (Å²) in [7, 11) is -1.76. The van der Waals surface area contributed by atoms with E-state index in [0.717, 1.165) is 24.3 Å². The second-order valence-corrected chi connectivity index (χ2v) is 12.7. The van der Waals surface area contributed by atoms with Gasteiger partial charge >= 0.3 is 0 Å². The summed E-state index contributed by atoms with van der Waals surface area (Å²) in [6, 6.07) is 9.40. The second-order valence-electron chi connectivity index (χ2n) is 9.95. The molecule has 2 amide bonds. The minimum Gasteiger partial charge on any atom is -0.358 e. The van der Waals surface area contributed by atoms with Gasteiger partial charge in [0.15, 0.2) is 9.84 Å². The molecule has 2 N–H and O–H groups in total. The monoisotopic (exact) mass is 586 g/mol. The van der Waals surface area contributed by atoms with Gasteiger partial charge in [-0.25, -0.2) is 8.42 Å². The third-order valence-corrected chi connectivity index (χ3v) is 9.80. The molecule has 204 valence electrons. The molecule has 0 saturated carbocycles. The van der Waals surface area contributed by atoms with Crippen molar-refractivity contribution < 1.29 is 18.0 Å². The summed E-state index contributed by atoms with van der Waals surface area (Å²) in [4.78, 5) is 33.6. The molecule has 1 saturated heterocycles. The molecule has 2 aromatic carbocycles. The number of carbonyl (C=O) groups excluding carboxylic acids is 2. The molecule has 39 heavy (non-hydrogen) atoms. The number of H-pyrrole nitrogens is 1. The molecule has 2 aliphatic rings. The van der Waals surface area contributed by atoms with Gasteiger partial charge in [-0.1, -0.05) is 35.3 Å². The summed E-state index contributed by atoms with van der Waals surface area (Å²) in [5, 5.41) is 3.27. The Morgan fingerprint density at radius 1 is 1.08 bits per heavy atom. The zero-order valence-corrected chi connectivity index (χ0v) is 24.1. The van der Waals surface area contributed by atoms with E-state index in [9.17, 15) is 18.0 Å². The maximum absolute atomic E-state index is 13.3. The number of aromatic nitrogens is 1. The van der Waals surface area contributed by atoms with Crippen LogP contribution in [0.15, 0.2) is 41.3 Å². The lowest BCUT2D eigenvalue weighted by atomic mass is 10.0. The highest BCUT2D eigenvalue weighted by atomic mass is 35.5. The number of likely N-dealkylation sites (N-methyl/N-ethyl adjacent to an activating group) is 1. The van der Waals surface area contributed by atoms with Crippen molar-refractivity contribution in [3.63, 3.8) is 0 Å². The second kappa shape index (κ2) is 10.5. The molecule has 0 radical (unpaired) electrons. The number of aryl methyl sites for hydroxylation is 1. The van der Waals surface area contributed by atoms with Gasteiger partial charge in [0.1, 0.15) is 0 Å². The Bertz CT molecular complexity index is 1640. The van der Waals surface area contributed by atoms with Gasteiger partial charge in [-0.3, -0.25) is 9.59 Å². The van der Waals surface area contributed by atoms with Crippen molar-refractivity contribution in [2.24, 2.45) is 0 Å². The van der Waals surface area contributed by atoms with Crippen LogP contribution in [0.1, 0.15) is 38.4 Å². The third-order valence-electron chi connectivity index (χ3n) is 7.28. The Hall–Kier alpha value is -3.11. The van der Waals surface area contributed by atoms with Gasteiger partial charge in [-0.15, -0.1) is 0 Å². The number of hydrogen-bond acceptors (Lipinski definition) is 5. The number of piperazine rings is 1. The van der Waals surface area contributed by atoms with Crippen LogP contribution in [-0.4, -0.2) is 68.2 Å². The molecule has 11 heteroatoms. The third kappa shape index (κ3) is 5.24. The summed E-state index contributed by atoms with van der Waals surface area (Å²) in [6.07, 6.45) is 1.68. The van der Waals surface area contributed by atoms with Crippen molar-refractivity contribution >= 4 is 62.2 Å². The number of anilines is 1. The predicted octanol–water partition coefficient (Wildman–Crippen LogP) is 4.79. The molecule has 0 spiro atoms. The van der Waals surface area contributed by atoms with E-state index in [1.807, 2.05) is 25.8 Å². The maximum Gasteiger partial charge on any atom is 0.256 e. The van der Waals surface area contributed by atoms with Gasteiger partial charge in [-0.2, -0.15) is 0 Å². The number of halogens is 2. The first-order chi connectivity index (χ1) is 18.5. The molecular weight excluding hydrogens is 559 g/mol. The van der Waals surface area contributed by atoms with E-state index in [1.54, 1.807) is 30.3 Å². The minimum absolute atomic E-state index is 0.0386. The van der Waals surface area contributed by atoms with Crippen molar-refractivity contribution in [3.8, 4) is 0 Å². The molecule has 2 aliphatic heterocycles. The van der Waals surface area contributed by atoms with Gasteiger partial charge in [0.2, 0.25) is 0 Å². The number of benzene rings is 2. The van der Waals surface area contributed by atoms with E-state index in [4.69, 9.17) is 23.2 Å². The number of nitrogens with one attached hydrogen (secondary N) is 2. The minimum atomic E-state index is -3.80. The lowest BCUT2D eigenvalue weighted by molar-refractivity contribution is -0.110. The number of rotatable bonds is 5. The maximum atomic E-state index is 13.3. The number of carbonyl (C=O) groups is 2. The Labute approximate surface area is 237 Å². The average Bonchev–Trinajstić information content (AvgIpc) is 3.35. The van der Waals surface area contributed by atoms with E-state index >= 15 is 0 Å². The first-order valence-corrected chi connectivity index (χ1v) is 14.9. The zero-order valence-electron chi connectivity index (χ0n) is 21.8. The Balaban J connectivity index is 1.48. The molecule has 0 aliphatic carbocycles. The van der Waals surface area contributed by atoms with E-state index in [2.05, 4.69) is 15.2 Å². The normalized spacial score (nSPS) is 17.0. The van der Waals surface area contributed by atoms with Gasteiger partial charge < -0.3 is 20.1 Å². The standard InChI is InChI=1S/C28H28Cl2N4O4S/c1-16-24(31-17(2)25(16)28(36)34-11-9-33(3)10-12-34)14-21-20-13-19(7-8-23(20)32-27(21)35)39(37,38)15-18-5-4-6-22(29)26(18)30/h4-8,13-14,31H,9-12,15H2,1-3H3,(H,32,35). The number of aromatic amines is 1. The van der Waals surface area contributed by atoms with Gasteiger partial charge in [0.25, 0.3) is 11.8 Å². The van der Waals surface area contributed by atoms with Crippen LogP contribution in [0.2, 0.25) is 10.0 Å². The SMILES string of the molecule is Cc1[nH]c(C=C2C(=O)Nc3ccc(S(=O)(=O)Cc4cccc(Cl)c4Cl)cc32)c(C)c1C(=O)N1CCN(C)CC1. The Morgan fingerprint density at radius 2 is 1.79 bits per heavy atom. The molecule has 0 atom stereocenters. The van der Waals surface area contributed by atoms with Gasteiger partial charge in [-0.05, 0) is 62.4 Å². The smallest absolute Gasteiger partial charge is 0.256 e. The predicted molar refractivity (Wildman–Crippen MR) is 154 cm³/mol. The molecule has 5 rings (SSSR count). The molecule has 1 fully saturated rings. The highest BCUT2D eigenvalue weighted by Gasteiger charge is 2.29. The Morgan fingerprint density at radius 3 is 2.51 bits per heavy atom. The summed E-state index contributed by atoms with van der Waals surface area (Å²) in [5.41, 5.74) is 4.37. The van der Waals surface area contributed by atoms with Crippen LogP contribution in [0, 0.1) is 13.8 Å². The lowest BCUT2D eigenvalue weighted by Gasteiger charge is -2.32. The highest BCUT2D eigenvalue weighted by Crippen LogP contribution is 2.37. The number of fused-ring (bicyclic) bond motifs is 1. The molecular formula is C28H28Cl2N4O4S.